The molecule has 13 heavy (non-hydrogen) atoms. The minimum absolute atomic E-state index is 0.297. The lowest BCUT2D eigenvalue weighted by Crippen LogP contribution is -2.32. The lowest BCUT2D eigenvalue weighted by atomic mass is 10.4. The fourth-order valence-corrected chi connectivity index (χ4v) is 1.22. The fourth-order valence-electron chi connectivity index (χ4n) is 0.961. The van der Waals surface area contributed by atoms with Crippen LogP contribution in [0.2, 0.25) is 0 Å². The molecule has 0 aliphatic rings. The molecule has 1 N–H and O–H groups in total. The van der Waals surface area contributed by atoms with Crippen molar-refractivity contribution in [2.24, 2.45) is 0 Å². The van der Waals surface area contributed by atoms with Crippen molar-refractivity contribution in [3.63, 3.8) is 0 Å². The minimum Gasteiger partial charge on any atom is -0.284 e. The molecule has 1 heterocycles. The van der Waals surface area contributed by atoms with Crippen molar-refractivity contribution in [2.75, 3.05) is 6.61 Å². The minimum atomic E-state index is -2.13. The van der Waals surface area contributed by atoms with Gasteiger partial charge in [0.25, 0.3) is 0 Å². The number of pyridine rings is 1. The molecule has 1 atom stereocenters. The van der Waals surface area contributed by atoms with Crippen LogP contribution in [0.3, 0.4) is 0 Å². The number of aromatic nitrogens is 1. The van der Waals surface area contributed by atoms with Gasteiger partial charge < -0.3 is 0 Å². The molecule has 0 fully saturated rings. The Morgan fingerprint density at radius 2 is 2.00 bits per heavy atom. The standard InChI is InChI=1S/C8H11NO3S/c10-13(11)12-8-4-7-9-5-2-1-3-6-9/h1-3,5-6H,4,7-8H2/p+1. The van der Waals surface area contributed by atoms with Gasteiger partial charge in [0.05, 0.1) is 6.61 Å². The van der Waals surface area contributed by atoms with Gasteiger partial charge in [-0.2, -0.15) is 4.21 Å². The van der Waals surface area contributed by atoms with Crippen molar-refractivity contribution < 1.29 is 17.5 Å². The maximum absolute atomic E-state index is 10.1. The Labute approximate surface area is 79.7 Å². The van der Waals surface area contributed by atoms with Gasteiger partial charge in [-0.15, -0.1) is 0 Å². The lowest BCUT2D eigenvalue weighted by molar-refractivity contribution is -0.697. The Kier molecular flexibility index (Phi) is 4.59. The highest BCUT2D eigenvalue weighted by molar-refractivity contribution is 7.74. The molecule has 1 unspecified atom stereocenters. The highest BCUT2D eigenvalue weighted by Gasteiger charge is 1.98. The van der Waals surface area contributed by atoms with Crippen LogP contribution in [0.5, 0.6) is 0 Å². The summed E-state index contributed by atoms with van der Waals surface area (Å²) in [5.41, 5.74) is 0. The molecule has 0 aliphatic heterocycles. The van der Waals surface area contributed by atoms with Gasteiger partial charge in [-0.05, 0) is 0 Å². The average Bonchev–Trinajstić information content (AvgIpc) is 2.14. The molecule has 0 spiro atoms. The number of nitrogens with zero attached hydrogens (tertiary/aromatic N) is 1. The number of hydrogen-bond acceptors (Lipinski definition) is 2. The highest BCUT2D eigenvalue weighted by atomic mass is 32.2. The van der Waals surface area contributed by atoms with Crippen LogP contribution in [0.1, 0.15) is 6.42 Å². The van der Waals surface area contributed by atoms with E-state index < -0.39 is 11.4 Å². The first kappa shape index (κ1) is 10.3. The predicted molar refractivity (Wildman–Crippen MR) is 48.0 cm³/mol. The summed E-state index contributed by atoms with van der Waals surface area (Å²) in [4.78, 5) is 0. The summed E-state index contributed by atoms with van der Waals surface area (Å²) >= 11 is -2.13. The zero-order valence-electron chi connectivity index (χ0n) is 7.13. The van der Waals surface area contributed by atoms with Crippen LogP contribution < -0.4 is 4.57 Å². The van der Waals surface area contributed by atoms with E-state index in [0.717, 1.165) is 13.0 Å². The lowest BCUT2D eigenvalue weighted by Gasteiger charge is -1.96. The van der Waals surface area contributed by atoms with Crippen LogP contribution >= 0.6 is 0 Å². The smallest absolute Gasteiger partial charge is 0.284 e. The van der Waals surface area contributed by atoms with E-state index in [9.17, 15) is 4.21 Å². The van der Waals surface area contributed by atoms with Crippen LogP contribution in [0.15, 0.2) is 30.6 Å². The van der Waals surface area contributed by atoms with Gasteiger partial charge >= 0.3 is 11.4 Å². The van der Waals surface area contributed by atoms with Gasteiger partial charge in [-0.1, -0.05) is 6.07 Å². The van der Waals surface area contributed by atoms with Crippen LogP contribution in [0.4, 0.5) is 0 Å². The van der Waals surface area contributed by atoms with E-state index in [1.54, 1.807) is 0 Å². The van der Waals surface area contributed by atoms with Crippen molar-refractivity contribution in [3.8, 4) is 0 Å². The maximum atomic E-state index is 10.1. The molecule has 4 nitrogen and oxygen atoms in total. The third kappa shape index (κ3) is 4.72. The first-order valence-corrected chi connectivity index (χ1v) is 5.00. The van der Waals surface area contributed by atoms with E-state index in [-0.39, 0.29) is 0 Å². The molecule has 5 heteroatoms. The highest BCUT2D eigenvalue weighted by Crippen LogP contribution is 1.86. The third-order valence-electron chi connectivity index (χ3n) is 1.52. The third-order valence-corrected chi connectivity index (χ3v) is 1.89. The Balaban J connectivity index is 2.17. The van der Waals surface area contributed by atoms with Crippen molar-refractivity contribution >= 4 is 11.4 Å². The van der Waals surface area contributed by atoms with E-state index in [4.69, 9.17) is 4.55 Å². The van der Waals surface area contributed by atoms with Crippen LogP contribution in [-0.4, -0.2) is 15.4 Å². The van der Waals surface area contributed by atoms with Crippen molar-refractivity contribution in [1.82, 2.24) is 0 Å². The maximum Gasteiger partial charge on any atom is 0.301 e. The Hall–Kier alpha value is -0.780. The van der Waals surface area contributed by atoms with Crippen molar-refractivity contribution in [3.05, 3.63) is 30.6 Å². The fraction of sp³-hybridized carbons (Fsp3) is 0.375. The van der Waals surface area contributed by atoms with Gasteiger partial charge in [-0.25, -0.2) is 4.57 Å². The molecular weight excluding hydrogens is 190 g/mol. The van der Waals surface area contributed by atoms with E-state index >= 15 is 0 Å². The Morgan fingerprint density at radius 1 is 1.31 bits per heavy atom. The van der Waals surface area contributed by atoms with E-state index in [1.165, 1.54) is 0 Å². The monoisotopic (exact) mass is 202 g/mol. The van der Waals surface area contributed by atoms with E-state index in [2.05, 4.69) is 4.18 Å². The molecule has 0 radical (unpaired) electrons. The second-order valence-corrected chi connectivity index (χ2v) is 3.18. The van der Waals surface area contributed by atoms with Gasteiger partial charge in [0.1, 0.15) is 0 Å². The number of rotatable bonds is 5. The van der Waals surface area contributed by atoms with Crippen molar-refractivity contribution in [2.45, 2.75) is 13.0 Å². The van der Waals surface area contributed by atoms with Crippen LogP contribution in [0.25, 0.3) is 0 Å². The molecule has 0 saturated heterocycles. The Morgan fingerprint density at radius 3 is 2.62 bits per heavy atom. The first-order chi connectivity index (χ1) is 6.29. The second kappa shape index (κ2) is 5.80. The summed E-state index contributed by atoms with van der Waals surface area (Å²) in [7, 11) is 0. The van der Waals surface area contributed by atoms with Crippen LogP contribution in [0, 0.1) is 0 Å². The summed E-state index contributed by atoms with van der Waals surface area (Å²) < 4.78 is 24.9. The number of hydrogen-bond donors (Lipinski definition) is 1. The van der Waals surface area contributed by atoms with Crippen LogP contribution in [-0.2, 0) is 22.1 Å². The van der Waals surface area contributed by atoms with Gasteiger partial charge in [0, 0.05) is 18.6 Å². The molecule has 1 rings (SSSR count). The van der Waals surface area contributed by atoms with Gasteiger partial charge in [0.2, 0.25) is 0 Å². The molecule has 0 bridgehead atoms. The topological polar surface area (TPSA) is 50.4 Å². The number of aryl methyl sites for hydroxylation is 1. The van der Waals surface area contributed by atoms with E-state index in [1.807, 2.05) is 35.2 Å². The van der Waals surface area contributed by atoms with Crippen molar-refractivity contribution in [1.29, 1.82) is 0 Å². The summed E-state index contributed by atoms with van der Waals surface area (Å²) in [6.07, 6.45) is 4.60. The van der Waals surface area contributed by atoms with Gasteiger partial charge in [-0.3, -0.25) is 8.74 Å². The normalized spacial score (nSPS) is 12.7. The SMILES string of the molecule is O=S(O)OCCC[n+]1ccccc1. The Bertz CT molecular complexity index is 265. The molecule has 1 aromatic heterocycles. The average molecular weight is 202 g/mol. The molecule has 1 aromatic rings. The zero-order chi connectivity index (χ0) is 9.52. The summed E-state index contributed by atoms with van der Waals surface area (Å²) in [5.74, 6) is 0. The molecule has 0 saturated carbocycles. The zero-order valence-corrected chi connectivity index (χ0v) is 7.94. The van der Waals surface area contributed by atoms with Gasteiger partial charge in [0.15, 0.2) is 18.9 Å². The predicted octanol–water partition coefficient (Wildman–Crippen LogP) is 0.517. The summed E-state index contributed by atoms with van der Waals surface area (Å²) in [6.45, 7) is 1.09. The summed E-state index contributed by atoms with van der Waals surface area (Å²) in [6, 6.07) is 5.81. The molecular formula is C8H12NO3S+. The first-order valence-electron chi connectivity index (χ1n) is 3.97. The molecule has 72 valence electrons. The second-order valence-electron chi connectivity index (χ2n) is 2.51. The quantitative estimate of drug-likeness (QED) is 0.430. The summed E-state index contributed by atoms with van der Waals surface area (Å²) in [5, 5.41) is 0. The molecule has 0 amide bonds. The van der Waals surface area contributed by atoms with E-state index in [0.29, 0.717) is 6.61 Å². The molecule has 0 aliphatic carbocycles. The molecule has 0 aromatic carbocycles. The largest absolute Gasteiger partial charge is 0.301 e.